The summed E-state index contributed by atoms with van der Waals surface area (Å²) in [6.45, 7) is 0.940. The van der Waals surface area contributed by atoms with E-state index in [-0.39, 0.29) is 34.4 Å². The number of aromatic nitrogens is 1. The van der Waals surface area contributed by atoms with Gasteiger partial charge in [0.2, 0.25) is 5.91 Å². The van der Waals surface area contributed by atoms with E-state index in [2.05, 4.69) is 10.3 Å². The average Bonchev–Trinajstić information content (AvgIpc) is 3.49. The van der Waals surface area contributed by atoms with E-state index >= 15 is 0 Å². The summed E-state index contributed by atoms with van der Waals surface area (Å²) in [7, 11) is -3.48. The molecule has 0 saturated heterocycles. The number of sulfone groups is 1. The van der Waals surface area contributed by atoms with Crippen molar-refractivity contribution in [2.24, 2.45) is 5.92 Å². The van der Waals surface area contributed by atoms with Gasteiger partial charge in [0.15, 0.2) is 9.84 Å². The number of hydrogen-bond donors (Lipinski definition) is 2. The van der Waals surface area contributed by atoms with Crippen LogP contribution in [0.15, 0.2) is 41.4 Å². The normalized spacial score (nSPS) is 15.3. The predicted molar refractivity (Wildman–Crippen MR) is 109 cm³/mol. The zero-order valence-electron chi connectivity index (χ0n) is 17.7. The van der Waals surface area contributed by atoms with E-state index in [0.29, 0.717) is 6.07 Å². The molecule has 0 bridgehead atoms. The van der Waals surface area contributed by atoms with Crippen molar-refractivity contribution >= 4 is 21.4 Å². The molecule has 1 aromatic heterocycles. The molecule has 1 aliphatic carbocycles. The SMILES string of the molecule is Cc1cc(NC(=O)Cc2ccc(S(=O)(=O)CC3CC3)cn2)ccc1C(O)(C(F)(F)F)C(F)(F)F. The van der Waals surface area contributed by atoms with Gasteiger partial charge in [0.25, 0.3) is 5.60 Å². The van der Waals surface area contributed by atoms with Gasteiger partial charge in [0.1, 0.15) is 0 Å². The zero-order valence-corrected chi connectivity index (χ0v) is 18.5. The number of amides is 1. The molecule has 0 unspecified atom stereocenters. The smallest absolute Gasteiger partial charge is 0.369 e. The topological polar surface area (TPSA) is 96.4 Å². The number of alkyl halides is 6. The zero-order chi connectivity index (χ0) is 25.5. The third kappa shape index (κ3) is 5.35. The molecule has 6 nitrogen and oxygen atoms in total. The fourth-order valence-corrected chi connectivity index (χ4v) is 5.01. The van der Waals surface area contributed by atoms with Gasteiger partial charge >= 0.3 is 12.4 Å². The maximum Gasteiger partial charge on any atom is 0.430 e. The van der Waals surface area contributed by atoms with Gasteiger partial charge in [-0.15, -0.1) is 0 Å². The molecule has 0 radical (unpaired) electrons. The monoisotopic (exact) mass is 510 g/mol. The number of carbonyl (C=O) groups is 1. The molecule has 1 aromatic carbocycles. The molecule has 13 heteroatoms. The first-order valence-corrected chi connectivity index (χ1v) is 11.6. The van der Waals surface area contributed by atoms with E-state index in [1.54, 1.807) is 0 Å². The Hall–Kier alpha value is -2.67. The number of hydrogen-bond acceptors (Lipinski definition) is 5. The molecular weight excluding hydrogens is 490 g/mol. The molecule has 0 atom stereocenters. The van der Waals surface area contributed by atoms with Crippen molar-refractivity contribution < 1.29 is 44.7 Å². The Morgan fingerprint density at radius 2 is 1.71 bits per heavy atom. The average molecular weight is 510 g/mol. The summed E-state index contributed by atoms with van der Waals surface area (Å²) in [5.74, 6) is -0.509. The van der Waals surface area contributed by atoms with Crippen molar-refractivity contribution in [3.05, 3.63) is 53.3 Å². The molecule has 1 fully saturated rings. The minimum Gasteiger partial charge on any atom is -0.369 e. The number of halogens is 6. The van der Waals surface area contributed by atoms with Crippen molar-refractivity contribution in [3.8, 4) is 0 Å². The highest BCUT2D eigenvalue weighted by molar-refractivity contribution is 7.91. The molecular formula is C21H20F6N2O4S. The second-order valence-corrected chi connectivity index (χ2v) is 10.2. The number of pyridine rings is 1. The minimum atomic E-state index is -6.02. The van der Waals surface area contributed by atoms with Gasteiger partial charge in [-0.1, -0.05) is 6.07 Å². The van der Waals surface area contributed by atoms with Gasteiger partial charge < -0.3 is 10.4 Å². The lowest BCUT2D eigenvalue weighted by molar-refractivity contribution is -0.376. The summed E-state index contributed by atoms with van der Waals surface area (Å²) in [5.41, 5.74) is -6.91. The van der Waals surface area contributed by atoms with Gasteiger partial charge in [0, 0.05) is 23.1 Å². The maximum absolute atomic E-state index is 13.1. The third-order valence-corrected chi connectivity index (χ3v) is 7.24. The van der Waals surface area contributed by atoms with Crippen molar-refractivity contribution in [3.63, 3.8) is 0 Å². The molecule has 1 saturated carbocycles. The van der Waals surface area contributed by atoms with Crippen LogP contribution in [0, 0.1) is 12.8 Å². The fraction of sp³-hybridized carbons (Fsp3) is 0.429. The Bertz CT molecular complexity index is 1160. The highest BCUT2D eigenvalue weighted by atomic mass is 32.2. The number of nitrogens with zero attached hydrogens (tertiary/aromatic N) is 1. The van der Waals surface area contributed by atoms with Gasteiger partial charge in [-0.05, 0) is 55.5 Å². The summed E-state index contributed by atoms with van der Waals surface area (Å²) in [6.07, 6.45) is -9.52. The molecule has 1 heterocycles. The second-order valence-electron chi connectivity index (χ2n) is 8.17. The van der Waals surface area contributed by atoms with E-state index in [9.17, 15) is 44.7 Å². The van der Waals surface area contributed by atoms with Gasteiger partial charge in [-0.25, -0.2) is 8.42 Å². The van der Waals surface area contributed by atoms with E-state index in [4.69, 9.17) is 0 Å². The van der Waals surface area contributed by atoms with E-state index < -0.39 is 44.8 Å². The number of aryl methyl sites for hydroxylation is 1. The number of carbonyl (C=O) groups excluding carboxylic acids is 1. The van der Waals surface area contributed by atoms with Gasteiger partial charge in [-0.3, -0.25) is 9.78 Å². The summed E-state index contributed by atoms with van der Waals surface area (Å²) in [6, 6.07) is 4.80. The molecule has 186 valence electrons. The third-order valence-electron chi connectivity index (χ3n) is 5.37. The summed E-state index contributed by atoms with van der Waals surface area (Å²) in [5, 5.41) is 11.9. The number of nitrogens with one attached hydrogen (secondary N) is 1. The molecule has 2 N–H and O–H groups in total. The van der Waals surface area contributed by atoms with Crippen molar-refractivity contribution in [2.45, 2.75) is 49.0 Å². The van der Waals surface area contributed by atoms with Crippen LogP contribution >= 0.6 is 0 Å². The van der Waals surface area contributed by atoms with Crippen LogP contribution in [0.1, 0.15) is 29.7 Å². The number of anilines is 1. The summed E-state index contributed by atoms with van der Waals surface area (Å²) in [4.78, 5) is 16.2. The van der Waals surface area contributed by atoms with E-state index in [1.165, 1.54) is 12.1 Å². The quantitative estimate of drug-likeness (QED) is 0.548. The highest BCUT2D eigenvalue weighted by Crippen LogP contribution is 2.51. The molecule has 1 aliphatic rings. The first kappa shape index (κ1) is 25.9. The van der Waals surface area contributed by atoms with Crippen LogP contribution in [0.4, 0.5) is 32.0 Å². The Morgan fingerprint density at radius 1 is 1.09 bits per heavy atom. The van der Waals surface area contributed by atoms with Gasteiger partial charge in [0.05, 0.1) is 17.1 Å². The Balaban J connectivity index is 1.71. The number of aliphatic hydroxyl groups is 1. The Labute approximate surface area is 190 Å². The van der Waals surface area contributed by atoms with Crippen molar-refractivity contribution in [2.75, 3.05) is 11.1 Å². The van der Waals surface area contributed by atoms with Gasteiger partial charge in [-0.2, -0.15) is 26.3 Å². The molecule has 0 spiro atoms. The van der Waals surface area contributed by atoms with E-state index in [0.717, 1.165) is 38.1 Å². The highest BCUT2D eigenvalue weighted by Gasteiger charge is 2.71. The number of benzene rings is 1. The summed E-state index contributed by atoms with van der Waals surface area (Å²) < 4.78 is 103. The lowest BCUT2D eigenvalue weighted by atomic mass is 9.88. The maximum atomic E-state index is 13.1. The Morgan fingerprint density at radius 3 is 2.18 bits per heavy atom. The standard InChI is InChI=1S/C21H20F6N2O4S/c1-12-8-15(5-7-17(12)19(31,20(22,23)24)21(25,26)27)29-18(30)9-14-4-6-16(10-28-14)34(32,33)11-13-2-3-13/h4-8,10,13,31H,2-3,9,11H2,1H3,(H,29,30). The van der Waals surface area contributed by atoms with Crippen molar-refractivity contribution in [1.82, 2.24) is 4.98 Å². The molecule has 1 amide bonds. The van der Waals surface area contributed by atoms with Crippen LogP contribution in [0.3, 0.4) is 0 Å². The van der Waals surface area contributed by atoms with E-state index in [1.807, 2.05) is 0 Å². The molecule has 2 aromatic rings. The molecule has 0 aliphatic heterocycles. The van der Waals surface area contributed by atoms with Crippen molar-refractivity contribution in [1.29, 1.82) is 0 Å². The van der Waals surface area contributed by atoms with Crippen LogP contribution in [-0.4, -0.2) is 42.5 Å². The van der Waals surface area contributed by atoms with Crippen LogP contribution in [0.25, 0.3) is 0 Å². The van der Waals surface area contributed by atoms with Crippen LogP contribution < -0.4 is 5.32 Å². The molecule has 34 heavy (non-hydrogen) atoms. The summed E-state index contributed by atoms with van der Waals surface area (Å²) >= 11 is 0. The van der Waals surface area contributed by atoms with Crippen LogP contribution in [0.5, 0.6) is 0 Å². The predicted octanol–water partition coefficient (Wildman–Crippen LogP) is 4.07. The first-order valence-electron chi connectivity index (χ1n) is 9.99. The minimum absolute atomic E-state index is 0.0246. The second kappa shape index (κ2) is 8.84. The largest absolute Gasteiger partial charge is 0.430 e. The fourth-order valence-electron chi connectivity index (χ4n) is 3.37. The molecule has 3 rings (SSSR count). The first-order chi connectivity index (χ1) is 15.5. The number of rotatable bonds is 7. The van der Waals surface area contributed by atoms with Crippen LogP contribution in [-0.2, 0) is 26.7 Å². The Kier molecular flexibility index (Phi) is 6.74. The lowest BCUT2D eigenvalue weighted by Gasteiger charge is -2.33. The van der Waals surface area contributed by atoms with Crippen LogP contribution in [0.2, 0.25) is 0 Å². The lowest BCUT2D eigenvalue weighted by Crippen LogP contribution is -2.54.